The van der Waals surface area contributed by atoms with Gasteiger partial charge in [0.15, 0.2) is 0 Å². The molecule has 0 aromatic rings. The Bertz CT molecular complexity index is 228. The van der Waals surface area contributed by atoms with Crippen molar-refractivity contribution in [2.45, 2.75) is 38.1 Å². The van der Waals surface area contributed by atoms with E-state index in [0.29, 0.717) is 0 Å². The smallest absolute Gasteiger partial charge is 0.0229 e. The molecular formula is C13H25ClN2. The Kier molecular flexibility index (Phi) is 4.15. The van der Waals surface area contributed by atoms with Crippen LogP contribution >= 0.6 is 12.4 Å². The summed E-state index contributed by atoms with van der Waals surface area (Å²) in [4.78, 5) is 2.63. The van der Waals surface area contributed by atoms with Gasteiger partial charge in [-0.15, -0.1) is 12.4 Å². The van der Waals surface area contributed by atoms with Gasteiger partial charge >= 0.3 is 0 Å². The minimum atomic E-state index is 0. The first kappa shape index (κ1) is 12.7. The van der Waals surface area contributed by atoms with Gasteiger partial charge in [0.05, 0.1) is 0 Å². The average Bonchev–Trinajstić information content (AvgIpc) is 2.95. The van der Waals surface area contributed by atoms with Crippen molar-refractivity contribution in [3.8, 4) is 0 Å². The number of nitrogens with one attached hydrogen (secondary N) is 1. The second-order valence-corrected chi connectivity index (χ2v) is 6.02. The van der Waals surface area contributed by atoms with E-state index < -0.39 is 0 Å². The molecule has 1 saturated heterocycles. The van der Waals surface area contributed by atoms with Gasteiger partial charge < -0.3 is 10.2 Å². The third kappa shape index (κ3) is 2.39. The molecule has 1 aliphatic heterocycles. The molecule has 0 aromatic carbocycles. The van der Waals surface area contributed by atoms with E-state index in [4.69, 9.17) is 0 Å². The molecule has 94 valence electrons. The minimum absolute atomic E-state index is 0. The average molecular weight is 245 g/mol. The zero-order valence-electron chi connectivity index (χ0n) is 10.3. The van der Waals surface area contributed by atoms with E-state index in [1.54, 1.807) is 6.42 Å². The third-order valence-corrected chi connectivity index (χ3v) is 5.06. The molecule has 0 radical (unpaired) electrons. The predicted octanol–water partition coefficient (Wildman–Crippen LogP) is 2.14. The standard InChI is InChI=1S/C13H24N2.ClH/c1-15(13-4-5-14-8-13)9-12-7-10-2-3-11(12)6-10;/h10-14H,2-9H2,1H3;1H. The largest absolute Gasteiger partial charge is 0.315 e. The number of halogens is 1. The van der Waals surface area contributed by atoms with Crippen LogP contribution in [0, 0.1) is 17.8 Å². The van der Waals surface area contributed by atoms with Crippen LogP contribution in [-0.2, 0) is 0 Å². The SMILES string of the molecule is CN(CC1CC2CCC1C2)C1CCNC1.Cl. The maximum atomic E-state index is 3.47. The highest BCUT2D eigenvalue weighted by Crippen LogP contribution is 2.48. The Morgan fingerprint density at radius 1 is 1.19 bits per heavy atom. The fraction of sp³-hybridized carbons (Fsp3) is 1.00. The van der Waals surface area contributed by atoms with Crippen molar-refractivity contribution in [2.75, 3.05) is 26.7 Å². The molecule has 2 bridgehead atoms. The molecule has 0 spiro atoms. The van der Waals surface area contributed by atoms with Gasteiger partial charge in [-0.3, -0.25) is 0 Å². The van der Waals surface area contributed by atoms with Crippen molar-refractivity contribution >= 4 is 12.4 Å². The summed E-state index contributed by atoms with van der Waals surface area (Å²) in [5.41, 5.74) is 0. The first-order valence-corrected chi connectivity index (χ1v) is 6.74. The Hall–Kier alpha value is 0.210. The van der Waals surface area contributed by atoms with Crippen molar-refractivity contribution in [1.82, 2.24) is 10.2 Å². The van der Waals surface area contributed by atoms with Gasteiger partial charge in [0.25, 0.3) is 0 Å². The lowest BCUT2D eigenvalue weighted by Crippen LogP contribution is -2.38. The van der Waals surface area contributed by atoms with Crippen molar-refractivity contribution in [2.24, 2.45) is 17.8 Å². The summed E-state index contributed by atoms with van der Waals surface area (Å²) in [6.45, 7) is 3.82. The van der Waals surface area contributed by atoms with E-state index in [1.165, 1.54) is 45.3 Å². The fourth-order valence-corrected chi connectivity index (χ4v) is 4.13. The second-order valence-electron chi connectivity index (χ2n) is 6.02. The van der Waals surface area contributed by atoms with Crippen LogP contribution < -0.4 is 5.32 Å². The van der Waals surface area contributed by atoms with Crippen LogP contribution in [0.5, 0.6) is 0 Å². The van der Waals surface area contributed by atoms with Crippen LogP contribution in [0.25, 0.3) is 0 Å². The van der Waals surface area contributed by atoms with Crippen molar-refractivity contribution in [3.63, 3.8) is 0 Å². The number of fused-ring (bicyclic) bond motifs is 2. The highest BCUT2D eigenvalue weighted by Gasteiger charge is 2.40. The Labute approximate surface area is 106 Å². The molecule has 3 fully saturated rings. The van der Waals surface area contributed by atoms with Gasteiger partial charge in [-0.2, -0.15) is 0 Å². The molecule has 1 N–H and O–H groups in total. The quantitative estimate of drug-likeness (QED) is 0.819. The van der Waals surface area contributed by atoms with Crippen molar-refractivity contribution < 1.29 is 0 Å². The second kappa shape index (κ2) is 5.24. The molecule has 4 unspecified atom stereocenters. The summed E-state index contributed by atoms with van der Waals surface area (Å²) in [7, 11) is 2.34. The monoisotopic (exact) mass is 244 g/mol. The molecule has 2 saturated carbocycles. The molecule has 0 amide bonds. The molecule has 2 aliphatic carbocycles. The molecule has 16 heavy (non-hydrogen) atoms. The topological polar surface area (TPSA) is 15.3 Å². The number of hydrogen-bond acceptors (Lipinski definition) is 2. The lowest BCUT2D eigenvalue weighted by Gasteiger charge is -2.30. The summed E-state index contributed by atoms with van der Waals surface area (Å²) in [5, 5.41) is 3.47. The van der Waals surface area contributed by atoms with Gasteiger partial charge in [0.1, 0.15) is 0 Å². The molecule has 2 nitrogen and oxygen atoms in total. The minimum Gasteiger partial charge on any atom is -0.315 e. The Morgan fingerprint density at radius 3 is 2.62 bits per heavy atom. The summed E-state index contributed by atoms with van der Waals surface area (Å²) in [5.74, 6) is 3.23. The van der Waals surface area contributed by atoms with Gasteiger partial charge in [0, 0.05) is 19.1 Å². The van der Waals surface area contributed by atoms with E-state index in [-0.39, 0.29) is 12.4 Å². The van der Waals surface area contributed by atoms with Gasteiger partial charge in [-0.1, -0.05) is 6.42 Å². The van der Waals surface area contributed by atoms with Crippen LogP contribution in [-0.4, -0.2) is 37.6 Å². The van der Waals surface area contributed by atoms with E-state index in [0.717, 1.165) is 23.8 Å². The summed E-state index contributed by atoms with van der Waals surface area (Å²) >= 11 is 0. The summed E-state index contributed by atoms with van der Waals surface area (Å²) in [6, 6.07) is 0.823. The summed E-state index contributed by atoms with van der Waals surface area (Å²) in [6.07, 6.45) is 7.52. The van der Waals surface area contributed by atoms with Crippen molar-refractivity contribution in [1.29, 1.82) is 0 Å². The molecule has 3 heteroatoms. The zero-order valence-corrected chi connectivity index (χ0v) is 11.1. The zero-order chi connectivity index (χ0) is 10.3. The molecule has 4 atom stereocenters. The molecular weight excluding hydrogens is 220 g/mol. The molecule has 3 aliphatic rings. The van der Waals surface area contributed by atoms with E-state index >= 15 is 0 Å². The van der Waals surface area contributed by atoms with Crippen LogP contribution in [0.4, 0.5) is 0 Å². The van der Waals surface area contributed by atoms with Crippen LogP contribution in [0.3, 0.4) is 0 Å². The number of likely N-dealkylation sites (N-methyl/N-ethyl adjacent to an activating group) is 1. The number of rotatable bonds is 3. The maximum absolute atomic E-state index is 3.47. The van der Waals surface area contributed by atoms with Crippen LogP contribution in [0.15, 0.2) is 0 Å². The Balaban J connectivity index is 0.000000963. The lowest BCUT2D eigenvalue weighted by atomic mass is 9.88. The highest BCUT2D eigenvalue weighted by atomic mass is 35.5. The van der Waals surface area contributed by atoms with E-state index in [1.807, 2.05) is 0 Å². The normalized spacial score (nSPS) is 41.6. The Morgan fingerprint density at radius 2 is 2.06 bits per heavy atom. The van der Waals surface area contributed by atoms with Crippen molar-refractivity contribution in [3.05, 3.63) is 0 Å². The lowest BCUT2D eigenvalue weighted by molar-refractivity contribution is 0.180. The van der Waals surface area contributed by atoms with Crippen LogP contribution in [0.1, 0.15) is 32.1 Å². The summed E-state index contributed by atoms with van der Waals surface area (Å²) < 4.78 is 0. The van der Waals surface area contributed by atoms with Gasteiger partial charge in [-0.25, -0.2) is 0 Å². The fourth-order valence-electron chi connectivity index (χ4n) is 4.13. The number of hydrogen-bond donors (Lipinski definition) is 1. The molecule has 0 aromatic heterocycles. The van der Waals surface area contributed by atoms with Gasteiger partial charge in [0.2, 0.25) is 0 Å². The number of nitrogens with zero attached hydrogens (tertiary/aromatic N) is 1. The third-order valence-electron chi connectivity index (χ3n) is 5.06. The predicted molar refractivity (Wildman–Crippen MR) is 70.1 cm³/mol. The van der Waals surface area contributed by atoms with E-state index in [2.05, 4.69) is 17.3 Å². The van der Waals surface area contributed by atoms with Gasteiger partial charge in [-0.05, 0) is 57.0 Å². The highest BCUT2D eigenvalue weighted by molar-refractivity contribution is 5.85. The first-order chi connectivity index (χ1) is 7.33. The van der Waals surface area contributed by atoms with Crippen LogP contribution in [0.2, 0.25) is 0 Å². The molecule has 1 heterocycles. The first-order valence-electron chi connectivity index (χ1n) is 6.74. The molecule has 3 rings (SSSR count). The maximum Gasteiger partial charge on any atom is 0.0229 e. The van der Waals surface area contributed by atoms with E-state index in [9.17, 15) is 0 Å².